The molecule has 7 nitrogen and oxygen atoms in total. The quantitative estimate of drug-likeness (QED) is 0.543. The molecule has 0 unspecified atom stereocenters. The molecule has 0 saturated carbocycles. The zero-order valence-corrected chi connectivity index (χ0v) is 17.2. The molecule has 0 atom stereocenters. The number of rotatable bonds is 7. The molecule has 2 aromatic carbocycles. The van der Waals surface area contributed by atoms with Crippen LogP contribution in [0.25, 0.3) is 11.4 Å². The van der Waals surface area contributed by atoms with Crippen LogP contribution in [0.1, 0.15) is 12.8 Å². The summed E-state index contributed by atoms with van der Waals surface area (Å²) in [7, 11) is -2.07. The highest BCUT2D eigenvalue weighted by Gasteiger charge is 2.25. The predicted molar refractivity (Wildman–Crippen MR) is 104 cm³/mol. The second-order valence-electron chi connectivity index (χ2n) is 5.63. The second kappa shape index (κ2) is 8.20. The predicted octanol–water partition coefficient (Wildman–Crippen LogP) is 3.72. The van der Waals surface area contributed by atoms with Crippen LogP contribution in [0.3, 0.4) is 0 Å². The molecular formula is C18H18BrN3O4S. The molecule has 0 aliphatic carbocycles. The lowest BCUT2D eigenvalue weighted by Gasteiger charge is -2.18. The fourth-order valence-electron chi connectivity index (χ4n) is 2.45. The summed E-state index contributed by atoms with van der Waals surface area (Å²) >= 11 is 3.30. The number of sulfonamides is 1. The molecular weight excluding hydrogens is 434 g/mol. The fourth-order valence-corrected chi connectivity index (χ4v) is 4.11. The van der Waals surface area contributed by atoms with Gasteiger partial charge in [-0.3, -0.25) is 0 Å². The largest absolute Gasteiger partial charge is 0.497 e. The highest BCUT2D eigenvalue weighted by atomic mass is 79.9. The molecule has 3 rings (SSSR count). The summed E-state index contributed by atoms with van der Waals surface area (Å²) in [4.78, 5) is 4.52. The Bertz CT molecular complexity index is 1000. The third-order valence-electron chi connectivity index (χ3n) is 3.93. The van der Waals surface area contributed by atoms with Gasteiger partial charge in [-0.05, 0) is 48.5 Å². The molecule has 1 heterocycles. The summed E-state index contributed by atoms with van der Waals surface area (Å²) in [6.07, 6.45) is 0. The molecule has 3 aromatic rings. The van der Waals surface area contributed by atoms with Crippen molar-refractivity contribution in [3.05, 3.63) is 58.9 Å². The third-order valence-corrected chi connectivity index (χ3v) is 6.40. The van der Waals surface area contributed by atoms with E-state index in [9.17, 15) is 8.42 Å². The summed E-state index contributed by atoms with van der Waals surface area (Å²) in [6, 6.07) is 13.7. The number of benzene rings is 2. The lowest BCUT2D eigenvalue weighted by atomic mass is 10.2. The lowest BCUT2D eigenvalue weighted by molar-refractivity contribution is 0.321. The maximum atomic E-state index is 12.8. The smallest absolute Gasteiger partial charge is 0.243 e. The number of methoxy groups -OCH3 is 1. The van der Waals surface area contributed by atoms with Crippen LogP contribution in [0, 0.1) is 0 Å². The van der Waals surface area contributed by atoms with E-state index in [0.717, 1.165) is 15.8 Å². The lowest BCUT2D eigenvalue weighted by Crippen LogP contribution is -2.30. The van der Waals surface area contributed by atoms with Gasteiger partial charge in [0.15, 0.2) is 0 Å². The van der Waals surface area contributed by atoms with Gasteiger partial charge in [0.25, 0.3) is 0 Å². The van der Waals surface area contributed by atoms with E-state index in [1.165, 1.54) is 4.31 Å². The van der Waals surface area contributed by atoms with Crippen LogP contribution in [-0.2, 0) is 16.6 Å². The van der Waals surface area contributed by atoms with Gasteiger partial charge in [0.2, 0.25) is 21.7 Å². The van der Waals surface area contributed by atoms with E-state index in [0.29, 0.717) is 5.82 Å². The van der Waals surface area contributed by atoms with Crippen LogP contribution < -0.4 is 4.74 Å². The van der Waals surface area contributed by atoms with Gasteiger partial charge in [-0.2, -0.15) is 9.29 Å². The highest BCUT2D eigenvalue weighted by molar-refractivity contribution is 9.10. The minimum Gasteiger partial charge on any atom is -0.497 e. The second-order valence-corrected chi connectivity index (χ2v) is 8.48. The molecule has 1 aromatic heterocycles. The van der Waals surface area contributed by atoms with E-state index in [2.05, 4.69) is 26.1 Å². The van der Waals surface area contributed by atoms with Crippen molar-refractivity contribution in [2.75, 3.05) is 13.7 Å². The van der Waals surface area contributed by atoms with E-state index in [4.69, 9.17) is 9.26 Å². The van der Waals surface area contributed by atoms with E-state index in [1.807, 2.05) is 12.1 Å². The van der Waals surface area contributed by atoms with Gasteiger partial charge < -0.3 is 9.26 Å². The van der Waals surface area contributed by atoms with Crippen molar-refractivity contribution in [1.29, 1.82) is 0 Å². The van der Waals surface area contributed by atoms with Crippen LogP contribution >= 0.6 is 15.9 Å². The topological polar surface area (TPSA) is 85.5 Å². The van der Waals surface area contributed by atoms with Crippen molar-refractivity contribution in [1.82, 2.24) is 14.4 Å². The van der Waals surface area contributed by atoms with Crippen molar-refractivity contribution in [3.63, 3.8) is 0 Å². The van der Waals surface area contributed by atoms with Gasteiger partial charge in [-0.1, -0.05) is 28.0 Å². The molecule has 0 bridgehead atoms. The molecule has 0 spiro atoms. The Morgan fingerprint density at radius 1 is 1.11 bits per heavy atom. The number of hydrogen-bond acceptors (Lipinski definition) is 6. The molecule has 9 heteroatoms. The maximum Gasteiger partial charge on any atom is 0.243 e. The molecule has 0 N–H and O–H groups in total. The summed E-state index contributed by atoms with van der Waals surface area (Å²) in [5, 5.41) is 3.94. The van der Waals surface area contributed by atoms with Crippen molar-refractivity contribution in [2.45, 2.75) is 18.4 Å². The van der Waals surface area contributed by atoms with Crippen LogP contribution in [0.15, 0.2) is 62.4 Å². The summed E-state index contributed by atoms with van der Waals surface area (Å²) in [5.41, 5.74) is 0.754. The SMILES string of the molecule is CCN(Cc1nc(-c2ccc(OC)cc2)no1)S(=O)(=O)c1ccc(Br)cc1. The van der Waals surface area contributed by atoms with Crippen LogP contribution in [0.4, 0.5) is 0 Å². The van der Waals surface area contributed by atoms with Gasteiger partial charge in [0, 0.05) is 16.6 Å². The van der Waals surface area contributed by atoms with Gasteiger partial charge in [-0.25, -0.2) is 8.42 Å². The number of ether oxygens (including phenoxy) is 1. The fraction of sp³-hybridized carbons (Fsp3) is 0.222. The Labute approximate surface area is 166 Å². The maximum absolute atomic E-state index is 12.8. The van der Waals surface area contributed by atoms with E-state index in [-0.39, 0.29) is 23.9 Å². The Balaban J connectivity index is 1.80. The zero-order valence-electron chi connectivity index (χ0n) is 14.8. The number of nitrogens with zero attached hydrogens (tertiary/aromatic N) is 3. The summed E-state index contributed by atoms with van der Waals surface area (Å²) in [5.74, 6) is 1.34. The first-order chi connectivity index (χ1) is 12.9. The van der Waals surface area contributed by atoms with E-state index >= 15 is 0 Å². The Morgan fingerprint density at radius 2 is 1.78 bits per heavy atom. The van der Waals surface area contributed by atoms with Gasteiger partial charge in [0.05, 0.1) is 18.6 Å². The molecule has 0 saturated heterocycles. The van der Waals surface area contributed by atoms with Crippen molar-refractivity contribution < 1.29 is 17.7 Å². The minimum atomic E-state index is -3.66. The monoisotopic (exact) mass is 451 g/mol. The highest BCUT2D eigenvalue weighted by Crippen LogP contribution is 2.22. The molecule has 0 amide bonds. The first-order valence-electron chi connectivity index (χ1n) is 8.16. The number of hydrogen-bond donors (Lipinski definition) is 0. The van der Waals surface area contributed by atoms with Gasteiger partial charge >= 0.3 is 0 Å². The molecule has 27 heavy (non-hydrogen) atoms. The van der Waals surface area contributed by atoms with Gasteiger partial charge in [0.1, 0.15) is 5.75 Å². The first kappa shape index (κ1) is 19.5. The summed E-state index contributed by atoms with van der Waals surface area (Å²) < 4.78 is 38.1. The third kappa shape index (κ3) is 4.37. The Hall–Kier alpha value is -2.23. The normalized spacial score (nSPS) is 11.7. The Morgan fingerprint density at radius 3 is 2.37 bits per heavy atom. The molecule has 0 aliphatic heterocycles. The van der Waals surface area contributed by atoms with Crippen LogP contribution in [0.5, 0.6) is 5.75 Å². The number of aromatic nitrogens is 2. The van der Waals surface area contributed by atoms with Crippen LogP contribution in [0.2, 0.25) is 0 Å². The molecule has 0 radical (unpaired) electrons. The van der Waals surface area contributed by atoms with E-state index in [1.54, 1.807) is 50.4 Å². The molecule has 0 fully saturated rings. The van der Waals surface area contributed by atoms with Crippen molar-refractivity contribution in [3.8, 4) is 17.1 Å². The minimum absolute atomic E-state index is 0.00193. The average molecular weight is 452 g/mol. The molecule has 0 aliphatic rings. The summed E-state index contributed by atoms with van der Waals surface area (Å²) in [6.45, 7) is 2.04. The zero-order chi connectivity index (χ0) is 19.4. The Kier molecular flexibility index (Phi) is 5.93. The number of halogens is 1. The van der Waals surface area contributed by atoms with E-state index < -0.39 is 10.0 Å². The van der Waals surface area contributed by atoms with Crippen molar-refractivity contribution >= 4 is 26.0 Å². The van der Waals surface area contributed by atoms with Crippen LogP contribution in [-0.4, -0.2) is 36.5 Å². The first-order valence-corrected chi connectivity index (χ1v) is 10.4. The average Bonchev–Trinajstić information content (AvgIpc) is 3.15. The van der Waals surface area contributed by atoms with Crippen molar-refractivity contribution in [2.24, 2.45) is 0 Å². The molecule has 142 valence electrons. The standard InChI is InChI=1S/C18H18BrN3O4S/c1-3-22(27(23,24)16-10-6-14(19)7-11-16)12-17-20-18(21-26-17)13-4-8-15(25-2)9-5-13/h4-11H,3,12H2,1-2H3. The van der Waals surface area contributed by atoms with Gasteiger partial charge in [-0.15, -0.1) is 0 Å².